The molecule has 0 fully saturated rings. The van der Waals surface area contributed by atoms with Crippen LogP contribution in [0.1, 0.15) is 34.1 Å². The van der Waals surface area contributed by atoms with Gasteiger partial charge < -0.3 is 0 Å². The van der Waals surface area contributed by atoms with Gasteiger partial charge in [0.2, 0.25) is 0 Å². The van der Waals surface area contributed by atoms with Gasteiger partial charge in [-0.1, -0.05) is 6.07 Å². The Bertz CT molecular complexity index is 675. The first-order valence-corrected chi connectivity index (χ1v) is 7.10. The van der Waals surface area contributed by atoms with E-state index in [9.17, 15) is 14.0 Å². The highest BCUT2D eigenvalue weighted by molar-refractivity contribution is 7.12. The van der Waals surface area contributed by atoms with Crippen molar-refractivity contribution < 1.29 is 14.0 Å². The van der Waals surface area contributed by atoms with Gasteiger partial charge in [0.05, 0.1) is 22.8 Å². The van der Waals surface area contributed by atoms with Crippen molar-refractivity contribution in [3.63, 3.8) is 0 Å². The number of thiophene rings is 1. The van der Waals surface area contributed by atoms with E-state index in [4.69, 9.17) is 5.26 Å². The summed E-state index contributed by atoms with van der Waals surface area (Å²) in [5, 5.41) is 10.9. The smallest absolute Gasteiger partial charge is 0.173 e. The Hall–Kier alpha value is -2.39. The summed E-state index contributed by atoms with van der Waals surface area (Å²) in [6.07, 6.45) is 0.983. The van der Waals surface area contributed by atoms with Gasteiger partial charge in [-0.3, -0.25) is 14.6 Å². The summed E-state index contributed by atoms with van der Waals surface area (Å²) in [5.74, 6) is -2.11. The number of aromatic nitrogens is 1. The Morgan fingerprint density at radius 2 is 2.14 bits per heavy atom. The fraction of sp³-hybridized carbons (Fsp3) is 0.200. The predicted molar refractivity (Wildman–Crippen MR) is 75.4 cm³/mol. The molecule has 0 aromatic carbocycles. The lowest BCUT2D eigenvalue weighted by Gasteiger charge is -2.07. The topological polar surface area (TPSA) is 70.8 Å². The van der Waals surface area contributed by atoms with E-state index in [1.165, 1.54) is 17.4 Å². The standard InChI is InChI=1S/C15H11FN2O2S/c16-10-3-4-12(18-9-10)11(8-17)13(19)5-6-14(20)15-2-1-7-21-15/h1-4,7,9,11H,5-6H2/t11-/m1/s1. The molecule has 1 atom stereocenters. The van der Waals surface area contributed by atoms with Crippen LogP contribution in [0.3, 0.4) is 0 Å². The average Bonchev–Trinajstić information content (AvgIpc) is 3.02. The second kappa shape index (κ2) is 6.86. The van der Waals surface area contributed by atoms with Crippen LogP contribution in [0.5, 0.6) is 0 Å². The molecular formula is C15H11FN2O2S. The fourth-order valence-corrected chi connectivity index (χ4v) is 2.50. The van der Waals surface area contributed by atoms with Crippen molar-refractivity contribution >= 4 is 22.9 Å². The van der Waals surface area contributed by atoms with Gasteiger partial charge in [0.1, 0.15) is 11.7 Å². The third-order valence-corrected chi connectivity index (χ3v) is 3.80. The van der Waals surface area contributed by atoms with Gasteiger partial charge in [-0.15, -0.1) is 11.3 Å². The van der Waals surface area contributed by atoms with E-state index < -0.39 is 11.7 Å². The lowest BCUT2D eigenvalue weighted by molar-refractivity contribution is -0.119. The van der Waals surface area contributed by atoms with Gasteiger partial charge in [0.25, 0.3) is 0 Å². The SMILES string of the molecule is N#C[C@@H](C(=O)CCC(=O)c1cccs1)c1ccc(F)cn1. The maximum atomic E-state index is 12.8. The van der Waals surface area contributed by atoms with E-state index in [0.29, 0.717) is 4.88 Å². The Balaban J connectivity index is 1.99. The maximum absolute atomic E-state index is 12.8. The Morgan fingerprint density at radius 3 is 2.71 bits per heavy atom. The van der Waals surface area contributed by atoms with E-state index >= 15 is 0 Å². The molecule has 0 radical (unpaired) electrons. The van der Waals surface area contributed by atoms with Crippen LogP contribution >= 0.6 is 11.3 Å². The third-order valence-electron chi connectivity index (χ3n) is 2.89. The Labute approximate surface area is 124 Å². The van der Waals surface area contributed by atoms with Crippen molar-refractivity contribution in [1.29, 1.82) is 5.26 Å². The minimum absolute atomic E-state index is 0.0337. The first kappa shape index (κ1) is 15.0. The van der Waals surface area contributed by atoms with E-state index in [1.807, 2.05) is 6.07 Å². The molecule has 0 amide bonds. The summed E-state index contributed by atoms with van der Waals surface area (Å²) in [5.41, 5.74) is 0.201. The molecular weight excluding hydrogens is 291 g/mol. The number of Topliss-reactive ketones (excluding diaryl/α,β-unsaturated/α-hetero) is 2. The quantitative estimate of drug-likeness (QED) is 0.769. The van der Waals surface area contributed by atoms with Crippen LogP contribution in [0, 0.1) is 17.1 Å². The highest BCUT2D eigenvalue weighted by Gasteiger charge is 2.22. The van der Waals surface area contributed by atoms with Crippen molar-refractivity contribution in [3.8, 4) is 6.07 Å². The Morgan fingerprint density at radius 1 is 1.33 bits per heavy atom. The van der Waals surface area contributed by atoms with Crippen LogP contribution in [0.15, 0.2) is 35.8 Å². The van der Waals surface area contributed by atoms with E-state index in [2.05, 4.69) is 4.98 Å². The van der Waals surface area contributed by atoms with E-state index in [-0.39, 0.29) is 30.1 Å². The second-order valence-electron chi connectivity index (χ2n) is 4.33. The lowest BCUT2D eigenvalue weighted by atomic mass is 9.96. The number of nitriles is 1. The summed E-state index contributed by atoms with van der Waals surface area (Å²) in [4.78, 5) is 28.2. The highest BCUT2D eigenvalue weighted by atomic mass is 32.1. The van der Waals surface area contributed by atoms with Crippen LogP contribution in [0.4, 0.5) is 4.39 Å². The highest BCUT2D eigenvalue weighted by Crippen LogP contribution is 2.18. The Kier molecular flexibility index (Phi) is 4.90. The van der Waals surface area contributed by atoms with Crippen molar-refractivity contribution in [1.82, 2.24) is 4.98 Å². The molecule has 0 aliphatic rings. The summed E-state index contributed by atoms with van der Waals surface area (Å²) in [6.45, 7) is 0. The molecule has 0 N–H and O–H groups in total. The number of hydrogen-bond acceptors (Lipinski definition) is 5. The molecule has 0 spiro atoms. The monoisotopic (exact) mass is 302 g/mol. The molecule has 2 aromatic heterocycles. The summed E-state index contributed by atoms with van der Waals surface area (Å²) in [7, 11) is 0. The molecule has 106 valence electrons. The first-order chi connectivity index (χ1) is 10.1. The van der Waals surface area contributed by atoms with Crippen LogP contribution in [-0.2, 0) is 4.79 Å². The maximum Gasteiger partial charge on any atom is 0.173 e. The summed E-state index contributed by atoms with van der Waals surface area (Å²) in [6, 6.07) is 7.77. The molecule has 2 rings (SSSR count). The number of carbonyl (C=O) groups excluding carboxylic acids is 2. The average molecular weight is 302 g/mol. The summed E-state index contributed by atoms with van der Waals surface area (Å²) < 4.78 is 12.8. The number of nitrogens with zero attached hydrogens (tertiary/aromatic N) is 2. The van der Waals surface area contributed by atoms with Crippen LogP contribution in [0.2, 0.25) is 0 Å². The van der Waals surface area contributed by atoms with Gasteiger partial charge in [-0.05, 0) is 23.6 Å². The van der Waals surface area contributed by atoms with Gasteiger partial charge in [-0.2, -0.15) is 5.26 Å². The van der Waals surface area contributed by atoms with Crippen LogP contribution in [-0.4, -0.2) is 16.6 Å². The largest absolute Gasteiger partial charge is 0.298 e. The molecule has 0 aliphatic heterocycles. The normalized spacial score (nSPS) is 11.6. The minimum Gasteiger partial charge on any atom is -0.298 e. The molecule has 0 saturated carbocycles. The second-order valence-corrected chi connectivity index (χ2v) is 5.28. The van der Waals surface area contributed by atoms with Crippen LogP contribution < -0.4 is 0 Å². The minimum atomic E-state index is -1.07. The van der Waals surface area contributed by atoms with E-state index in [1.54, 1.807) is 17.5 Å². The molecule has 0 aliphatic carbocycles. The van der Waals surface area contributed by atoms with Gasteiger partial charge in [0.15, 0.2) is 11.6 Å². The van der Waals surface area contributed by atoms with Gasteiger partial charge in [0, 0.05) is 12.8 Å². The molecule has 2 heterocycles. The zero-order valence-corrected chi connectivity index (χ0v) is 11.8. The zero-order chi connectivity index (χ0) is 15.2. The fourth-order valence-electron chi connectivity index (χ4n) is 1.80. The van der Waals surface area contributed by atoms with Gasteiger partial charge >= 0.3 is 0 Å². The van der Waals surface area contributed by atoms with Crippen molar-refractivity contribution in [2.24, 2.45) is 0 Å². The molecule has 21 heavy (non-hydrogen) atoms. The van der Waals surface area contributed by atoms with Crippen LogP contribution in [0.25, 0.3) is 0 Å². The first-order valence-electron chi connectivity index (χ1n) is 6.22. The number of rotatable bonds is 6. The molecule has 0 saturated heterocycles. The number of ketones is 2. The molecule has 6 heteroatoms. The molecule has 4 nitrogen and oxygen atoms in total. The van der Waals surface area contributed by atoms with Crippen molar-refractivity contribution in [2.45, 2.75) is 18.8 Å². The number of pyridine rings is 1. The molecule has 0 bridgehead atoms. The number of hydrogen-bond donors (Lipinski definition) is 0. The number of halogens is 1. The van der Waals surface area contributed by atoms with E-state index in [0.717, 1.165) is 12.3 Å². The predicted octanol–water partition coefficient (Wildman–Crippen LogP) is 3.12. The molecule has 0 unspecified atom stereocenters. The summed E-state index contributed by atoms with van der Waals surface area (Å²) >= 11 is 1.31. The third kappa shape index (κ3) is 3.80. The lowest BCUT2D eigenvalue weighted by Crippen LogP contribution is -2.14. The zero-order valence-electron chi connectivity index (χ0n) is 11.0. The van der Waals surface area contributed by atoms with Crippen molar-refractivity contribution in [3.05, 3.63) is 52.2 Å². The number of carbonyl (C=O) groups is 2. The van der Waals surface area contributed by atoms with Gasteiger partial charge in [-0.25, -0.2) is 4.39 Å². The van der Waals surface area contributed by atoms with Crippen molar-refractivity contribution in [2.75, 3.05) is 0 Å². The molecule has 2 aromatic rings.